The molecule has 3 aromatic rings. The summed E-state index contributed by atoms with van der Waals surface area (Å²) < 4.78 is 28.6. The molecule has 0 bridgehead atoms. The topological polar surface area (TPSA) is 44.8 Å². The second kappa shape index (κ2) is 6.94. The predicted octanol–water partition coefficient (Wildman–Crippen LogP) is 5.86. The Bertz CT molecular complexity index is 910. The van der Waals surface area contributed by atoms with Crippen LogP contribution in [0.1, 0.15) is 19.4 Å². The van der Waals surface area contributed by atoms with E-state index in [2.05, 4.69) is 24.3 Å². The Labute approximate surface area is 142 Å². The van der Waals surface area contributed by atoms with Crippen LogP contribution in [0, 0.1) is 6.92 Å². The van der Waals surface area contributed by atoms with Crippen molar-refractivity contribution >= 4 is 29.4 Å². The van der Waals surface area contributed by atoms with Gasteiger partial charge in [-0.25, -0.2) is 4.57 Å². The van der Waals surface area contributed by atoms with E-state index in [9.17, 15) is 4.57 Å². The van der Waals surface area contributed by atoms with Crippen molar-refractivity contribution in [2.24, 2.45) is 0 Å². The van der Waals surface area contributed by atoms with E-state index in [0.717, 1.165) is 21.7 Å². The first-order chi connectivity index (χ1) is 11.5. The number of phosphoric acid groups is 1. The molecule has 0 spiro atoms. The third-order valence-corrected chi connectivity index (χ3v) is 5.37. The maximum atomic E-state index is 12.6. The van der Waals surface area contributed by atoms with Gasteiger partial charge in [0, 0.05) is 0 Å². The average molecular weight is 344 g/mol. The summed E-state index contributed by atoms with van der Waals surface area (Å²) in [5.41, 5.74) is 1.05. The molecule has 0 saturated carbocycles. The highest BCUT2D eigenvalue weighted by molar-refractivity contribution is 7.48. The van der Waals surface area contributed by atoms with E-state index >= 15 is 0 Å². The van der Waals surface area contributed by atoms with E-state index in [1.807, 2.05) is 31.2 Å². The lowest BCUT2D eigenvalue weighted by Gasteiger charge is -2.18. The predicted molar refractivity (Wildman–Crippen MR) is 97.7 cm³/mol. The number of aryl methyl sites for hydroxylation is 1. The van der Waals surface area contributed by atoms with Gasteiger partial charge in [-0.2, -0.15) is 0 Å². The number of hydrogen-bond acceptors (Lipinski definition) is 4. The number of rotatable bonds is 6. The number of benzene rings is 3. The van der Waals surface area contributed by atoms with Crippen LogP contribution < -0.4 is 4.52 Å². The molecular weight excluding hydrogens is 323 g/mol. The minimum Gasteiger partial charge on any atom is -0.404 e. The van der Waals surface area contributed by atoms with Gasteiger partial charge >= 0.3 is 7.82 Å². The molecule has 0 aliphatic heterocycles. The largest absolute Gasteiger partial charge is 0.530 e. The molecule has 3 aromatic carbocycles. The van der Waals surface area contributed by atoms with E-state index in [0.29, 0.717) is 5.75 Å². The van der Waals surface area contributed by atoms with Gasteiger partial charge in [0.1, 0.15) is 5.75 Å². The van der Waals surface area contributed by atoms with Gasteiger partial charge in [-0.15, -0.1) is 0 Å². The SMILES string of the molecule is CCOP(=O)(OCC)Oc1cc(C)c2cc3ccccc3cc2c1. The third kappa shape index (κ3) is 3.46. The van der Waals surface area contributed by atoms with Crippen molar-refractivity contribution in [3.05, 3.63) is 54.1 Å². The number of fused-ring (bicyclic) bond motifs is 2. The molecular formula is C19H21O4P. The first kappa shape index (κ1) is 17.0. The highest BCUT2D eigenvalue weighted by Crippen LogP contribution is 2.49. The summed E-state index contributed by atoms with van der Waals surface area (Å²) >= 11 is 0. The Morgan fingerprint density at radius 1 is 0.875 bits per heavy atom. The smallest absolute Gasteiger partial charge is 0.404 e. The van der Waals surface area contributed by atoms with Gasteiger partial charge in [-0.05, 0) is 72.1 Å². The number of phosphoric ester groups is 1. The van der Waals surface area contributed by atoms with Gasteiger partial charge in [0.15, 0.2) is 0 Å². The minimum atomic E-state index is -3.59. The molecule has 4 nitrogen and oxygen atoms in total. The second-order valence-corrected chi connectivity index (χ2v) is 7.13. The van der Waals surface area contributed by atoms with E-state index < -0.39 is 7.82 Å². The quantitative estimate of drug-likeness (QED) is 0.415. The van der Waals surface area contributed by atoms with Crippen LogP contribution in [0.15, 0.2) is 48.5 Å². The molecule has 0 amide bonds. The molecule has 24 heavy (non-hydrogen) atoms. The minimum absolute atomic E-state index is 0.258. The fourth-order valence-corrected chi connectivity index (χ4v) is 3.97. The molecule has 0 heterocycles. The highest BCUT2D eigenvalue weighted by Gasteiger charge is 2.27. The lowest BCUT2D eigenvalue weighted by atomic mass is 10.00. The zero-order chi connectivity index (χ0) is 17.2. The van der Waals surface area contributed by atoms with Crippen LogP contribution in [0.5, 0.6) is 5.75 Å². The summed E-state index contributed by atoms with van der Waals surface area (Å²) in [6.45, 7) is 6.04. The van der Waals surface area contributed by atoms with Crippen molar-refractivity contribution in [3.8, 4) is 5.75 Å². The maximum absolute atomic E-state index is 12.6. The molecule has 0 saturated heterocycles. The summed E-state index contributed by atoms with van der Waals surface area (Å²) in [5, 5.41) is 4.52. The zero-order valence-corrected chi connectivity index (χ0v) is 15.0. The summed E-state index contributed by atoms with van der Waals surface area (Å²) in [6.07, 6.45) is 0. The van der Waals surface area contributed by atoms with Gasteiger partial charge in [-0.1, -0.05) is 24.3 Å². The lowest BCUT2D eigenvalue weighted by molar-refractivity contribution is 0.167. The fraction of sp³-hybridized carbons (Fsp3) is 0.263. The molecule has 126 valence electrons. The first-order valence-corrected chi connectivity index (χ1v) is 9.52. The van der Waals surface area contributed by atoms with Crippen LogP contribution in [0.3, 0.4) is 0 Å². The molecule has 0 fully saturated rings. The molecule has 3 rings (SSSR count). The van der Waals surface area contributed by atoms with Crippen molar-refractivity contribution in [2.45, 2.75) is 20.8 Å². The van der Waals surface area contributed by atoms with Crippen molar-refractivity contribution in [1.29, 1.82) is 0 Å². The van der Waals surface area contributed by atoms with Gasteiger partial charge in [0.05, 0.1) is 13.2 Å². The Hall–Kier alpha value is -1.87. The molecule has 0 unspecified atom stereocenters. The molecule has 0 aliphatic carbocycles. The Balaban J connectivity index is 2.06. The molecule has 0 aromatic heterocycles. The Morgan fingerprint density at radius 3 is 2.12 bits per heavy atom. The first-order valence-electron chi connectivity index (χ1n) is 8.06. The molecule has 0 N–H and O–H groups in total. The standard InChI is InChI=1S/C19H21O4P/c1-4-21-24(20,22-5-2)23-18-10-14(3)19-13-16-9-7-6-8-15(16)11-17(19)12-18/h6-13H,4-5H2,1-3H3. The van der Waals surface area contributed by atoms with E-state index in [-0.39, 0.29) is 13.2 Å². The van der Waals surface area contributed by atoms with Gasteiger partial charge in [0.2, 0.25) is 0 Å². The van der Waals surface area contributed by atoms with Crippen LogP contribution in [-0.2, 0) is 13.6 Å². The van der Waals surface area contributed by atoms with Crippen molar-refractivity contribution in [1.82, 2.24) is 0 Å². The maximum Gasteiger partial charge on any atom is 0.530 e. The van der Waals surface area contributed by atoms with Gasteiger partial charge < -0.3 is 4.52 Å². The molecule has 5 heteroatoms. The molecule has 0 aliphatic rings. The van der Waals surface area contributed by atoms with Crippen LogP contribution >= 0.6 is 7.82 Å². The van der Waals surface area contributed by atoms with E-state index in [1.165, 1.54) is 5.39 Å². The summed E-state index contributed by atoms with van der Waals surface area (Å²) in [6, 6.07) is 16.2. The van der Waals surface area contributed by atoms with Crippen LogP contribution in [0.2, 0.25) is 0 Å². The molecule has 0 atom stereocenters. The van der Waals surface area contributed by atoms with Crippen LogP contribution in [0.25, 0.3) is 21.5 Å². The summed E-state index contributed by atoms with van der Waals surface area (Å²) in [4.78, 5) is 0. The Morgan fingerprint density at radius 2 is 1.50 bits per heavy atom. The molecule has 0 radical (unpaired) electrons. The second-order valence-electron chi connectivity index (χ2n) is 5.53. The normalized spacial score (nSPS) is 12.0. The monoisotopic (exact) mass is 344 g/mol. The van der Waals surface area contributed by atoms with E-state index in [4.69, 9.17) is 13.6 Å². The van der Waals surface area contributed by atoms with Gasteiger partial charge in [0.25, 0.3) is 0 Å². The fourth-order valence-electron chi connectivity index (χ4n) is 2.79. The zero-order valence-electron chi connectivity index (χ0n) is 14.1. The van der Waals surface area contributed by atoms with Crippen LogP contribution in [0.4, 0.5) is 0 Å². The van der Waals surface area contributed by atoms with Gasteiger partial charge in [-0.3, -0.25) is 9.05 Å². The van der Waals surface area contributed by atoms with Crippen molar-refractivity contribution in [3.63, 3.8) is 0 Å². The highest BCUT2D eigenvalue weighted by atomic mass is 31.2. The third-order valence-electron chi connectivity index (χ3n) is 3.79. The summed E-state index contributed by atoms with van der Waals surface area (Å²) in [7, 11) is -3.59. The van der Waals surface area contributed by atoms with Crippen molar-refractivity contribution < 1.29 is 18.1 Å². The lowest BCUT2D eigenvalue weighted by Crippen LogP contribution is -2.02. The van der Waals surface area contributed by atoms with Crippen LogP contribution in [-0.4, -0.2) is 13.2 Å². The number of hydrogen-bond donors (Lipinski definition) is 0. The summed E-state index contributed by atoms with van der Waals surface area (Å²) in [5.74, 6) is 0.487. The van der Waals surface area contributed by atoms with Crippen molar-refractivity contribution in [2.75, 3.05) is 13.2 Å². The Kier molecular flexibility index (Phi) is 4.91. The van der Waals surface area contributed by atoms with E-state index in [1.54, 1.807) is 13.8 Å². The average Bonchev–Trinajstić information content (AvgIpc) is 2.53.